The van der Waals surface area contributed by atoms with Crippen molar-refractivity contribution in [1.29, 1.82) is 0 Å². The molecule has 1 atom stereocenters. The van der Waals surface area contributed by atoms with Crippen LogP contribution in [0.15, 0.2) is 30.5 Å². The molecule has 1 N–H and O–H groups in total. The molecule has 1 aliphatic heterocycles. The zero-order valence-corrected chi connectivity index (χ0v) is 11.9. The van der Waals surface area contributed by atoms with E-state index in [0.717, 1.165) is 36.1 Å². The van der Waals surface area contributed by atoms with Crippen molar-refractivity contribution < 1.29 is 0 Å². The average Bonchev–Trinajstić information content (AvgIpc) is 2.85. The summed E-state index contributed by atoms with van der Waals surface area (Å²) >= 11 is 0. The third kappa shape index (κ3) is 2.77. The summed E-state index contributed by atoms with van der Waals surface area (Å²) in [5.74, 6) is 2.41. The molecule has 1 saturated heterocycles. The molecule has 0 aromatic carbocycles. The predicted octanol–water partition coefficient (Wildman–Crippen LogP) is 2.69. The number of aryl methyl sites for hydroxylation is 1. The molecule has 1 fully saturated rings. The minimum atomic E-state index is 0.404. The topological polar surface area (TPSA) is 53.9 Å². The Balaban J connectivity index is 1.87. The van der Waals surface area contributed by atoms with Crippen LogP contribution in [-0.4, -0.2) is 33.4 Å². The molecule has 0 saturated carbocycles. The molecular weight excluding hydrogens is 250 g/mol. The Morgan fingerprint density at radius 1 is 1.25 bits per heavy atom. The first-order valence-electron chi connectivity index (χ1n) is 6.96. The number of nitrogens with zero attached hydrogens (tertiary/aromatic N) is 4. The zero-order chi connectivity index (χ0) is 13.9. The van der Waals surface area contributed by atoms with Crippen LogP contribution in [0.5, 0.6) is 0 Å². The summed E-state index contributed by atoms with van der Waals surface area (Å²) in [6.07, 6.45) is 4.16. The fraction of sp³-hybridized carbons (Fsp3) is 0.400. The fourth-order valence-corrected chi connectivity index (χ4v) is 2.68. The first-order valence-corrected chi connectivity index (χ1v) is 6.96. The van der Waals surface area contributed by atoms with Crippen molar-refractivity contribution in [3.05, 3.63) is 42.0 Å². The van der Waals surface area contributed by atoms with Crippen LogP contribution in [0.2, 0.25) is 0 Å². The minimum absolute atomic E-state index is 0.404. The van der Waals surface area contributed by atoms with Gasteiger partial charge in [0.2, 0.25) is 0 Å². The molecule has 104 valence electrons. The van der Waals surface area contributed by atoms with Crippen molar-refractivity contribution in [3.63, 3.8) is 0 Å². The van der Waals surface area contributed by atoms with Crippen LogP contribution in [0, 0.1) is 6.92 Å². The summed E-state index contributed by atoms with van der Waals surface area (Å²) in [6.45, 7) is 3.07. The van der Waals surface area contributed by atoms with E-state index < -0.39 is 0 Å². The largest absolute Gasteiger partial charge is 0.325 e. The molecule has 20 heavy (non-hydrogen) atoms. The molecule has 2 aromatic rings. The van der Waals surface area contributed by atoms with Crippen LogP contribution in [0.3, 0.4) is 0 Å². The van der Waals surface area contributed by atoms with E-state index in [1.165, 1.54) is 6.42 Å². The molecule has 0 unspecified atom stereocenters. The number of rotatable bonds is 3. The second-order valence-corrected chi connectivity index (χ2v) is 5.20. The zero-order valence-electron chi connectivity index (χ0n) is 11.9. The maximum atomic E-state index is 4.59. The van der Waals surface area contributed by atoms with Gasteiger partial charge in [0.1, 0.15) is 17.5 Å². The number of hydrogen-bond donors (Lipinski definition) is 1. The highest BCUT2D eigenvalue weighted by molar-refractivity contribution is 5.51. The first-order chi connectivity index (χ1) is 9.72. The number of hydrogen-bond acceptors (Lipinski definition) is 5. The Labute approximate surface area is 119 Å². The summed E-state index contributed by atoms with van der Waals surface area (Å²) in [7, 11) is 2.15. The Morgan fingerprint density at radius 2 is 2.15 bits per heavy atom. The predicted molar refractivity (Wildman–Crippen MR) is 78.9 cm³/mol. The van der Waals surface area contributed by atoms with E-state index >= 15 is 0 Å². The van der Waals surface area contributed by atoms with Gasteiger partial charge in [-0.3, -0.25) is 4.90 Å². The number of nitrogens with one attached hydrogen (secondary N) is 1. The lowest BCUT2D eigenvalue weighted by Crippen LogP contribution is -2.19. The molecule has 0 radical (unpaired) electrons. The van der Waals surface area contributed by atoms with E-state index in [4.69, 9.17) is 0 Å². The molecule has 0 aliphatic carbocycles. The highest BCUT2D eigenvalue weighted by Crippen LogP contribution is 2.30. The van der Waals surface area contributed by atoms with E-state index in [2.05, 4.69) is 32.2 Å². The Morgan fingerprint density at radius 3 is 2.85 bits per heavy atom. The molecule has 0 amide bonds. The highest BCUT2D eigenvalue weighted by Gasteiger charge is 2.24. The monoisotopic (exact) mass is 269 g/mol. The van der Waals surface area contributed by atoms with Crippen LogP contribution in [-0.2, 0) is 0 Å². The summed E-state index contributed by atoms with van der Waals surface area (Å²) in [6, 6.07) is 8.22. The maximum absolute atomic E-state index is 4.59. The molecule has 1 aliphatic rings. The summed E-state index contributed by atoms with van der Waals surface area (Å²) in [5, 5.41) is 3.24. The van der Waals surface area contributed by atoms with Gasteiger partial charge in [-0.2, -0.15) is 0 Å². The summed E-state index contributed by atoms with van der Waals surface area (Å²) < 4.78 is 0. The van der Waals surface area contributed by atoms with Crippen molar-refractivity contribution in [2.24, 2.45) is 0 Å². The lowest BCUT2D eigenvalue weighted by atomic mass is 10.1. The van der Waals surface area contributed by atoms with Crippen molar-refractivity contribution in [2.75, 3.05) is 18.9 Å². The quantitative estimate of drug-likeness (QED) is 0.928. The molecule has 0 spiro atoms. The summed E-state index contributed by atoms with van der Waals surface area (Å²) in [5.41, 5.74) is 1.09. The number of pyridine rings is 1. The average molecular weight is 269 g/mol. The second kappa shape index (κ2) is 5.54. The van der Waals surface area contributed by atoms with E-state index in [1.807, 2.05) is 31.2 Å². The summed E-state index contributed by atoms with van der Waals surface area (Å²) in [4.78, 5) is 15.7. The number of likely N-dealkylation sites (tertiary alicyclic amines) is 1. The lowest BCUT2D eigenvalue weighted by Gasteiger charge is -2.19. The van der Waals surface area contributed by atoms with Gasteiger partial charge < -0.3 is 5.32 Å². The lowest BCUT2D eigenvalue weighted by molar-refractivity contribution is 0.311. The highest BCUT2D eigenvalue weighted by atomic mass is 15.2. The van der Waals surface area contributed by atoms with Crippen molar-refractivity contribution >= 4 is 11.6 Å². The molecule has 5 heteroatoms. The van der Waals surface area contributed by atoms with Gasteiger partial charge in [0.25, 0.3) is 0 Å². The maximum Gasteiger partial charge on any atom is 0.135 e. The van der Waals surface area contributed by atoms with Crippen LogP contribution < -0.4 is 5.32 Å². The van der Waals surface area contributed by atoms with Gasteiger partial charge in [-0.1, -0.05) is 6.07 Å². The van der Waals surface area contributed by atoms with E-state index in [9.17, 15) is 0 Å². The normalized spacial score (nSPS) is 19.2. The number of aromatic nitrogens is 3. The minimum Gasteiger partial charge on any atom is -0.325 e. The van der Waals surface area contributed by atoms with E-state index in [0.29, 0.717) is 6.04 Å². The smallest absolute Gasteiger partial charge is 0.135 e. The molecule has 2 aromatic heterocycles. The van der Waals surface area contributed by atoms with E-state index in [1.54, 1.807) is 6.20 Å². The second-order valence-electron chi connectivity index (χ2n) is 5.20. The van der Waals surface area contributed by atoms with Crippen molar-refractivity contribution in [1.82, 2.24) is 19.9 Å². The number of anilines is 2. The van der Waals surface area contributed by atoms with Crippen LogP contribution in [0.25, 0.3) is 0 Å². The fourth-order valence-electron chi connectivity index (χ4n) is 2.68. The molecule has 5 nitrogen and oxygen atoms in total. The van der Waals surface area contributed by atoms with Gasteiger partial charge in [0, 0.05) is 12.3 Å². The standard InChI is InChI=1S/C15H19N5/c1-11-17-12(13-6-5-9-20(13)2)10-15(18-11)19-14-7-3-4-8-16-14/h3-4,7-8,10,13H,5-6,9H2,1-2H3,(H,16,17,18,19)/t13-/m1/s1. The van der Waals surface area contributed by atoms with E-state index in [-0.39, 0.29) is 0 Å². The van der Waals surface area contributed by atoms with Crippen molar-refractivity contribution in [2.45, 2.75) is 25.8 Å². The Kier molecular flexibility index (Phi) is 3.60. The molecule has 0 bridgehead atoms. The Bertz CT molecular complexity index is 584. The first kappa shape index (κ1) is 13.0. The third-order valence-electron chi connectivity index (χ3n) is 3.64. The van der Waals surface area contributed by atoms with Gasteiger partial charge in [0.15, 0.2) is 0 Å². The SMILES string of the molecule is Cc1nc(Nc2ccccn2)cc([C@H]2CCCN2C)n1. The van der Waals surface area contributed by atoms with Gasteiger partial charge >= 0.3 is 0 Å². The molecule has 3 rings (SSSR count). The molecule has 3 heterocycles. The van der Waals surface area contributed by atoms with Gasteiger partial charge in [-0.15, -0.1) is 0 Å². The van der Waals surface area contributed by atoms with Gasteiger partial charge in [-0.05, 0) is 45.5 Å². The van der Waals surface area contributed by atoms with Gasteiger partial charge in [-0.25, -0.2) is 15.0 Å². The van der Waals surface area contributed by atoms with Crippen molar-refractivity contribution in [3.8, 4) is 0 Å². The van der Waals surface area contributed by atoms with Gasteiger partial charge in [0.05, 0.1) is 11.7 Å². The Hall–Kier alpha value is -2.01. The van der Waals surface area contributed by atoms with Crippen LogP contribution in [0.4, 0.5) is 11.6 Å². The molecular formula is C15H19N5. The van der Waals surface area contributed by atoms with Crippen LogP contribution >= 0.6 is 0 Å². The third-order valence-corrected chi connectivity index (χ3v) is 3.64. The van der Waals surface area contributed by atoms with Crippen LogP contribution in [0.1, 0.15) is 30.4 Å².